The predicted molar refractivity (Wildman–Crippen MR) is 117 cm³/mol. The van der Waals surface area contributed by atoms with Crippen LogP contribution in [-0.2, 0) is 10.0 Å². The van der Waals surface area contributed by atoms with Crippen LogP contribution in [0.4, 0.5) is 0 Å². The molecule has 0 saturated heterocycles. The number of nitrogens with zero attached hydrogens (tertiary/aromatic N) is 1. The Hall–Kier alpha value is -3.27. The van der Waals surface area contributed by atoms with Crippen LogP contribution < -0.4 is 20.1 Å². The van der Waals surface area contributed by atoms with Gasteiger partial charge in [0.25, 0.3) is 10.0 Å². The minimum absolute atomic E-state index is 0.0794. The fourth-order valence-corrected chi connectivity index (χ4v) is 3.72. The summed E-state index contributed by atoms with van der Waals surface area (Å²) >= 11 is 0. The molecular weight excluding hydrogens is 422 g/mol. The summed E-state index contributed by atoms with van der Waals surface area (Å²) in [7, 11) is -2.40. The van der Waals surface area contributed by atoms with Crippen LogP contribution in [0.2, 0.25) is 0 Å². The smallest absolute Gasteiger partial charge is 0.417 e. The second kappa shape index (κ2) is 10.2. The van der Waals surface area contributed by atoms with Gasteiger partial charge in [-0.3, -0.25) is 4.98 Å². The third-order valence-electron chi connectivity index (χ3n) is 4.53. The number of ether oxygens (including phenoxy) is 2. The Morgan fingerprint density at radius 2 is 1.97 bits per heavy atom. The summed E-state index contributed by atoms with van der Waals surface area (Å²) in [4.78, 5) is 15.7. The number of fused-ring (bicyclic) bond motifs is 1. The molecule has 0 unspecified atom stereocenters. The quantitative estimate of drug-likeness (QED) is 0.264. The van der Waals surface area contributed by atoms with Crippen molar-refractivity contribution in [2.45, 2.75) is 37.5 Å². The molecule has 10 heteroatoms. The first-order valence-corrected chi connectivity index (χ1v) is 11.4. The summed E-state index contributed by atoms with van der Waals surface area (Å²) in [5.74, 6) is 0.506. The van der Waals surface area contributed by atoms with E-state index in [2.05, 4.69) is 21.8 Å². The van der Waals surface area contributed by atoms with Gasteiger partial charge in [0.1, 0.15) is 0 Å². The average Bonchev–Trinajstić information content (AvgIpc) is 3.13. The van der Waals surface area contributed by atoms with Crippen LogP contribution >= 0.6 is 0 Å². The Kier molecular flexibility index (Phi) is 7.35. The molecule has 3 rings (SSSR count). The topological polar surface area (TPSA) is 123 Å². The molecule has 1 aromatic heterocycles. The van der Waals surface area contributed by atoms with E-state index in [4.69, 9.17) is 13.9 Å². The SMILES string of the molecule is CCCCCCOc1ccc(/C=N/NS(=O)(=O)c2ccc3[nH]c(=O)oc3c2)cc1OC. The molecule has 9 nitrogen and oxygen atoms in total. The molecule has 0 amide bonds. The molecule has 0 radical (unpaired) electrons. The van der Waals surface area contributed by atoms with Crippen LogP contribution in [-0.4, -0.2) is 33.3 Å². The Morgan fingerprint density at radius 3 is 2.74 bits per heavy atom. The van der Waals surface area contributed by atoms with E-state index in [1.807, 2.05) is 0 Å². The number of hydrogen-bond donors (Lipinski definition) is 2. The highest BCUT2D eigenvalue weighted by Gasteiger charge is 2.15. The zero-order valence-corrected chi connectivity index (χ0v) is 18.2. The van der Waals surface area contributed by atoms with Gasteiger partial charge in [-0.2, -0.15) is 13.5 Å². The number of benzene rings is 2. The summed E-state index contributed by atoms with van der Waals surface area (Å²) in [6.07, 6.45) is 5.80. The van der Waals surface area contributed by atoms with Crippen molar-refractivity contribution in [2.75, 3.05) is 13.7 Å². The maximum absolute atomic E-state index is 12.4. The number of aromatic nitrogens is 1. The normalized spacial score (nSPS) is 11.8. The number of sulfonamides is 1. The second-order valence-corrected chi connectivity index (χ2v) is 8.51. The van der Waals surface area contributed by atoms with E-state index in [1.165, 1.54) is 30.8 Å². The molecule has 2 aromatic carbocycles. The minimum atomic E-state index is -3.94. The van der Waals surface area contributed by atoms with Gasteiger partial charge in [0.15, 0.2) is 17.1 Å². The van der Waals surface area contributed by atoms with Crippen LogP contribution in [0.1, 0.15) is 38.2 Å². The molecule has 0 atom stereocenters. The van der Waals surface area contributed by atoms with Gasteiger partial charge >= 0.3 is 5.76 Å². The van der Waals surface area contributed by atoms with Crippen molar-refractivity contribution < 1.29 is 22.3 Å². The number of rotatable bonds is 11. The second-order valence-electron chi connectivity index (χ2n) is 6.84. The van der Waals surface area contributed by atoms with E-state index in [-0.39, 0.29) is 10.5 Å². The number of hydrazone groups is 1. The lowest BCUT2D eigenvalue weighted by molar-refractivity contribution is 0.285. The third-order valence-corrected chi connectivity index (χ3v) is 5.75. The van der Waals surface area contributed by atoms with Crippen molar-refractivity contribution in [3.05, 3.63) is 52.5 Å². The number of oxazole rings is 1. The summed E-state index contributed by atoms with van der Waals surface area (Å²) in [6.45, 7) is 2.76. The average molecular weight is 448 g/mol. The highest BCUT2D eigenvalue weighted by Crippen LogP contribution is 2.28. The van der Waals surface area contributed by atoms with E-state index in [0.717, 1.165) is 19.3 Å². The third kappa shape index (κ3) is 5.88. The largest absolute Gasteiger partial charge is 0.493 e. The van der Waals surface area contributed by atoms with Gasteiger partial charge in [0.2, 0.25) is 0 Å². The predicted octanol–water partition coefficient (Wildman–Crippen LogP) is 3.40. The van der Waals surface area contributed by atoms with Crippen molar-refractivity contribution >= 4 is 27.3 Å². The van der Waals surface area contributed by atoms with Crippen LogP contribution in [0.15, 0.2) is 55.6 Å². The van der Waals surface area contributed by atoms with Crippen molar-refractivity contribution in [3.63, 3.8) is 0 Å². The monoisotopic (exact) mass is 447 g/mol. The number of unbranched alkanes of at least 4 members (excludes halogenated alkanes) is 3. The van der Waals surface area contributed by atoms with Crippen LogP contribution in [0.25, 0.3) is 11.1 Å². The Bertz CT molecular complexity index is 1210. The molecule has 0 aliphatic carbocycles. The summed E-state index contributed by atoms with van der Waals surface area (Å²) in [5.41, 5.74) is 1.18. The van der Waals surface area contributed by atoms with Crippen molar-refractivity contribution in [3.8, 4) is 11.5 Å². The number of aromatic amines is 1. The van der Waals surface area contributed by atoms with Gasteiger partial charge in [-0.25, -0.2) is 9.63 Å². The molecule has 0 aliphatic rings. The Balaban J connectivity index is 1.65. The number of methoxy groups -OCH3 is 1. The summed E-state index contributed by atoms with van der Waals surface area (Å²) in [6, 6.07) is 9.27. The van der Waals surface area contributed by atoms with E-state index >= 15 is 0 Å². The molecule has 0 spiro atoms. The lowest BCUT2D eigenvalue weighted by Crippen LogP contribution is -2.18. The molecule has 0 fully saturated rings. The highest BCUT2D eigenvalue weighted by atomic mass is 32.2. The molecule has 1 heterocycles. The molecule has 0 saturated carbocycles. The molecule has 2 N–H and O–H groups in total. The lowest BCUT2D eigenvalue weighted by Gasteiger charge is -2.11. The first-order valence-electron chi connectivity index (χ1n) is 9.91. The molecule has 0 aliphatic heterocycles. The maximum atomic E-state index is 12.4. The molecule has 0 bridgehead atoms. The van der Waals surface area contributed by atoms with Crippen LogP contribution in [0.3, 0.4) is 0 Å². The van der Waals surface area contributed by atoms with Gasteiger partial charge in [0.05, 0.1) is 30.3 Å². The zero-order chi connectivity index (χ0) is 22.3. The van der Waals surface area contributed by atoms with Crippen molar-refractivity contribution in [2.24, 2.45) is 5.10 Å². The standard InChI is InChI=1S/C21H25N3O6S/c1-3-4-5-6-11-29-18-10-7-15(12-20(18)28-2)14-22-24-31(26,27)16-8-9-17-19(13-16)30-21(25)23-17/h7-10,12-14,24H,3-6,11H2,1-2H3,(H,23,25)/b22-14+. The van der Waals surface area contributed by atoms with E-state index < -0.39 is 15.8 Å². The molecular formula is C21H25N3O6S. The number of hydrogen-bond acceptors (Lipinski definition) is 7. The summed E-state index contributed by atoms with van der Waals surface area (Å²) in [5, 5.41) is 3.82. The fourth-order valence-electron chi connectivity index (χ4n) is 2.91. The first kappa shape index (κ1) is 22.4. The van der Waals surface area contributed by atoms with Gasteiger partial charge < -0.3 is 13.9 Å². The summed E-state index contributed by atoms with van der Waals surface area (Å²) < 4.78 is 40.9. The molecule has 166 valence electrons. The van der Waals surface area contributed by atoms with E-state index in [9.17, 15) is 13.2 Å². The fraction of sp³-hybridized carbons (Fsp3) is 0.333. The first-order chi connectivity index (χ1) is 14.9. The van der Waals surface area contributed by atoms with Gasteiger partial charge in [0, 0.05) is 6.07 Å². The zero-order valence-electron chi connectivity index (χ0n) is 17.4. The van der Waals surface area contributed by atoms with Gasteiger partial charge in [-0.05, 0) is 42.3 Å². The number of H-pyrrole nitrogens is 1. The molecule has 31 heavy (non-hydrogen) atoms. The van der Waals surface area contributed by atoms with Crippen LogP contribution in [0, 0.1) is 0 Å². The maximum Gasteiger partial charge on any atom is 0.417 e. The van der Waals surface area contributed by atoms with Crippen LogP contribution in [0.5, 0.6) is 11.5 Å². The van der Waals surface area contributed by atoms with E-state index in [0.29, 0.717) is 29.2 Å². The Morgan fingerprint density at radius 1 is 1.13 bits per heavy atom. The van der Waals surface area contributed by atoms with E-state index in [1.54, 1.807) is 25.3 Å². The highest BCUT2D eigenvalue weighted by molar-refractivity contribution is 7.89. The lowest BCUT2D eigenvalue weighted by atomic mass is 10.2. The molecule has 3 aromatic rings. The van der Waals surface area contributed by atoms with Gasteiger partial charge in [-0.1, -0.05) is 26.2 Å². The van der Waals surface area contributed by atoms with Crippen molar-refractivity contribution in [1.29, 1.82) is 0 Å². The Labute approximate surface area is 180 Å². The van der Waals surface area contributed by atoms with Gasteiger partial charge in [-0.15, -0.1) is 0 Å². The number of nitrogens with one attached hydrogen (secondary N) is 2. The van der Waals surface area contributed by atoms with Crippen molar-refractivity contribution in [1.82, 2.24) is 9.82 Å². The minimum Gasteiger partial charge on any atom is -0.493 e.